The van der Waals surface area contributed by atoms with E-state index in [1.807, 2.05) is 6.92 Å². The molecule has 1 fully saturated rings. The van der Waals surface area contributed by atoms with Crippen molar-refractivity contribution >= 4 is 5.91 Å². The first kappa shape index (κ1) is 13.0. The molecule has 2 atom stereocenters. The lowest BCUT2D eigenvalue weighted by Gasteiger charge is -2.24. The van der Waals surface area contributed by atoms with Gasteiger partial charge in [0, 0.05) is 6.54 Å². The van der Waals surface area contributed by atoms with Gasteiger partial charge in [-0.2, -0.15) is 0 Å². The number of halogens is 1. The average molecular weight is 250 g/mol. The molecule has 2 unspecified atom stereocenters. The van der Waals surface area contributed by atoms with Gasteiger partial charge in [-0.25, -0.2) is 4.39 Å². The van der Waals surface area contributed by atoms with Crippen LogP contribution in [0, 0.1) is 11.7 Å². The van der Waals surface area contributed by atoms with Crippen molar-refractivity contribution in [1.29, 1.82) is 0 Å². The maximum absolute atomic E-state index is 12.8. The van der Waals surface area contributed by atoms with Gasteiger partial charge >= 0.3 is 0 Å². The van der Waals surface area contributed by atoms with Gasteiger partial charge in [0.2, 0.25) is 5.91 Å². The predicted octanol–water partition coefficient (Wildman–Crippen LogP) is 2.00. The molecule has 0 aromatic heterocycles. The molecule has 18 heavy (non-hydrogen) atoms. The van der Waals surface area contributed by atoms with Gasteiger partial charge in [-0.1, -0.05) is 12.1 Å². The molecule has 0 aliphatic carbocycles. The van der Waals surface area contributed by atoms with Crippen LogP contribution in [0.1, 0.15) is 31.4 Å². The molecule has 3 nitrogen and oxygen atoms in total. The highest BCUT2D eigenvalue weighted by Gasteiger charge is 2.22. The van der Waals surface area contributed by atoms with Crippen molar-refractivity contribution in [3.8, 4) is 0 Å². The van der Waals surface area contributed by atoms with Gasteiger partial charge in [-0.05, 0) is 44.0 Å². The van der Waals surface area contributed by atoms with E-state index in [2.05, 4.69) is 10.6 Å². The summed E-state index contributed by atoms with van der Waals surface area (Å²) >= 11 is 0. The van der Waals surface area contributed by atoms with Gasteiger partial charge in [0.1, 0.15) is 5.82 Å². The number of hydrogen-bond acceptors (Lipinski definition) is 2. The van der Waals surface area contributed by atoms with Crippen LogP contribution < -0.4 is 10.6 Å². The Bertz CT molecular complexity index is 399. The largest absolute Gasteiger partial charge is 0.349 e. The summed E-state index contributed by atoms with van der Waals surface area (Å²) < 4.78 is 12.8. The van der Waals surface area contributed by atoms with E-state index in [1.54, 1.807) is 12.1 Å². The number of carbonyl (C=O) groups is 1. The first-order valence-electron chi connectivity index (χ1n) is 6.43. The third kappa shape index (κ3) is 3.29. The van der Waals surface area contributed by atoms with Crippen molar-refractivity contribution in [2.24, 2.45) is 5.92 Å². The van der Waals surface area contributed by atoms with E-state index in [0.29, 0.717) is 0 Å². The number of nitrogens with one attached hydrogen (secondary N) is 2. The summed E-state index contributed by atoms with van der Waals surface area (Å²) in [6, 6.07) is 6.17. The smallest absolute Gasteiger partial charge is 0.224 e. The van der Waals surface area contributed by atoms with E-state index in [9.17, 15) is 9.18 Å². The molecule has 1 heterocycles. The van der Waals surface area contributed by atoms with Crippen molar-refractivity contribution in [2.75, 3.05) is 13.1 Å². The van der Waals surface area contributed by atoms with Crippen LogP contribution in [-0.4, -0.2) is 19.0 Å². The quantitative estimate of drug-likeness (QED) is 0.861. The highest BCUT2D eigenvalue weighted by Crippen LogP contribution is 2.16. The Morgan fingerprint density at radius 3 is 2.78 bits per heavy atom. The van der Waals surface area contributed by atoms with E-state index < -0.39 is 0 Å². The lowest BCUT2D eigenvalue weighted by molar-refractivity contribution is -0.126. The zero-order valence-corrected chi connectivity index (χ0v) is 10.6. The third-order valence-electron chi connectivity index (χ3n) is 3.40. The molecule has 2 rings (SSSR count). The van der Waals surface area contributed by atoms with Crippen molar-refractivity contribution in [2.45, 2.75) is 25.8 Å². The molecule has 0 saturated carbocycles. The molecule has 1 aromatic carbocycles. The van der Waals surface area contributed by atoms with E-state index in [4.69, 9.17) is 0 Å². The van der Waals surface area contributed by atoms with Gasteiger partial charge in [0.15, 0.2) is 0 Å². The summed E-state index contributed by atoms with van der Waals surface area (Å²) in [5.41, 5.74) is 0.925. The standard InChI is InChI=1S/C14H19FN2O/c1-10(11-4-6-13(15)7-5-11)17-14(18)12-3-2-8-16-9-12/h4-7,10,12,16H,2-3,8-9H2,1H3,(H,17,18). The topological polar surface area (TPSA) is 41.1 Å². The fraction of sp³-hybridized carbons (Fsp3) is 0.500. The molecule has 1 saturated heterocycles. The number of amides is 1. The second-order valence-electron chi connectivity index (χ2n) is 4.83. The third-order valence-corrected chi connectivity index (χ3v) is 3.40. The van der Waals surface area contributed by atoms with Crippen molar-refractivity contribution in [1.82, 2.24) is 10.6 Å². The SMILES string of the molecule is CC(NC(=O)C1CCCNC1)c1ccc(F)cc1. The fourth-order valence-corrected chi connectivity index (χ4v) is 2.24. The molecule has 0 bridgehead atoms. The van der Waals surface area contributed by atoms with Gasteiger partial charge in [0.05, 0.1) is 12.0 Å². The molecular formula is C14H19FN2O. The van der Waals surface area contributed by atoms with Crippen LogP contribution >= 0.6 is 0 Å². The van der Waals surface area contributed by atoms with E-state index in [1.165, 1.54) is 12.1 Å². The van der Waals surface area contributed by atoms with Crippen LogP contribution in [0.25, 0.3) is 0 Å². The normalized spacial score (nSPS) is 21.3. The van der Waals surface area contributed by atoms with E-state index in [0.717, 1.165) is 31.5 Å². The number of hydrogen-bond donors (Lipinski definition) is 2. The maximum atomic E-state index is 12.8. The molecule has 1 aliphatic rings. The van der Waals surface area contributed by atoms with Crippen molar-refractivity contribution < 1.29 is 9.18 Å². The lowest BCUT2D eigenvalue weighted by atomic mass is 9.98. The Morgan fingerprint density at radius 1 is 1.44 bits per heavy atom. The van der Waals surface area contributed by atoms with Crippen LogP contribution in [-0.2, 0) is 4.79 Å². The highest BCUT2D eigenvalue weighted by atomic mass is 19.1. The Hall–Kier alpha value is -1.42. The molecular weight excluding hydrogens is 231 g/mol. The molecule has 1 aromatic rings. The Balaban J connectivity index is 1.91. The monoisotopic (exact) mass is 250 g/mol. The van der Waals surface area contributed by atoms with Crippen LogP contribution in [0.3, 0.4) is 0 Å². The number of benzene rings is 1. The van der Waals surface area contributed by atoms with Crippen LogP contribution in [0.2, 0.25) is 0 Å². The number of piperidine rings is 1. The average Bonchev–Trinajstić information content (AvgIpc) is 2.40. The minimum atomic E-state index is -0.256. The van der Waals surface area contributed by atoms with Gasteiger partial charge in [-0.15, -0.1) is 0 Å². The summed E-state index contributed by atoms with van der Waals surface area (Å²) in [4.78, 5) is 12.0. The van der Waals surface area contributed by atoms with Gasteiger partial charge in [0.25, 0.3) is 0 Å². The second-order valence-corrected chi connectivity index (χ2v) is 4.83. The molecule has 0 spiro atoms. The van der Waals surface area contributed by atoms with Crippen LogP contribution in [0.5, 0.6) is 0 Å². The van der Waals surface area contributed by atoms with Crippen molar-refractivity contribution in [3.05, 3.63) is 35.6 Å². The van der Waals surface area contributed by atoms with Crippen LogP contribution in [0.15, 0.2) is 24.3 Å². The second kappa shape index (κ2) is 5.96. The molecule has 1 aliphatic heterocycles. The highest BCUT2D eigenvalue weighted by molar-refractivity contribution is 5.79. The fourth-order valence-electron chi connectivity index (χ4n) is 2.24. The summed E-state index contributed by atoms with van der Waals surface area (Å²) in [6.07, 6.45) is 1.98. The zero-order valence-electron chi connectivity index (χ0n) is 10.6. The minimum Gasteiger partial charge on any atom is -0.349 e. The molecule has 1 amide bonds. The Morgan fingerprint density at radius 2 is 2.17 bits per heavy atom. The van der Waals surface area contributed by atoms with Gasteiger partial charge in [-0.3, -0.25) is 4.79 Å². The van der Waals surface area contributed by atoms with E-state index >= 15 is 0 Å². The number of carbonyl (C=O) groups excluding carboxylic acids is 1. The summed E-state index contributed by atoms with van der Waals surface area (Å²) in [6.45, 7) is 3.67. The van der Waals surface area contributed by atoms with Gasteiger partial charge < -0.3 is 10.6 Å². The Labute approximate surface area is 107 Å². The van der Waals surface area contributed by atoms with Crippen molar-refractivity contribution in [3.63, 3.8) is 0 Å². The summed E-state index contributed by atoms with van der Waals surface area (Å²) in [5.74, 6) is -0.116. The maximum Gasteiger partial charge on any atom is 0.224 e. The zero-order chi connectivity index (χ0) is 13.0. The first-order valence-corrected chi connectivity index (χ1v) is 6.43. The lowest BCUT2D eigenvalue weighted by Crippen LogP contribution is -2.41. The Kier molecular flexibility index (Phi) is 4.31. The molecule has 4 heteroatoms. The summed E-state index contributed by atoms with van der Waals surface area (Å²) in [5, 5.41) is 6.21. The minimum absolute atomic E-state index is 0.0571. The van der Waals surface area contributed by atoms with E-state index in [-0.39, 0.29) is 23.7 Å². The number of rotatable bonds is 3. The molecule has 2 N–H and O–H groups in total. The van der Waals surface area contributed by atoms with Crippen LogP contribution in [0.4, 0.5) is 4.39 Å². The first-order chi connectivity index (χ1) is 8.66. The molecule has 0 radical (unpaired) electrons. The molecule has 98 valence electrons. The summed E-state index contributed by atoms with van der Waals surface area (Å²) in [7, 11) is 0. The predicted molar refractivity (Wildman–Crippen MR) is 68.6 cm³/mol.